The number of aryl methyl sites for hydroxylation is 2. The Kier molecular flexibility index (Phi) is 4.35. The maximum absolute atomic E-state index is 13.4. The molecule has 0 bridgehead atoms. The first-order valence-corrected chi connectivity index (χ1v) is 10.3. The fraction of sp³-hybridized carbons (Fsp3) is 0.280. The summed E-state index contributed by atoms with van der Waals surface area (Å²) in [5, 5.41) is 7.59. The minimum Gasteiger partial charge on any atom is -0.338 e. The van der Waals surface area contributed by atoms with Gasteiger partial charge in [0, 0.05) is 23.6 Å². The lowest BCUT2D eigenvalue weighted by Crippen LogP contribution is -2.29. The fourth-order valence-corrected chi connectivity index (χ4v) is 4.71. The molecule has 0 saturated heterocycles. The molecule has 2 aliphatic rings. The number of benzene rings is 2. The molecule has 1 aromatic heterocycles. The standard InChI is InChI=1S/C25H24N2O2/c1-3-16-9-11-18(12-10-16)23-22-15(2)27-29-25(22)26-20-13-19(14-21(28)24(20)23)17-7-5-4-6-8-17/h4-12,19,23,26H,3,13-14H2,1-2H3. The number of hydrogen-bond acceptors (Lipinski definition) is 4. The maximum Gasteiger partial charge on any atom is 0.233 e. The number of ketones is 1. The largest absolute Gasteiger partial charge is 0.338 e. The van der Waals surface area contributed by atoms with Crippen LogP contribution in [-0.2, 0) is 11.2 Å². The molecule has 0 fully saturated rings. The van der Waals surface area contributed by atoms with Crippen LogP contribution in [0.1, 0.15) is 59.5 Å². The molecule has 0 saturated carbocycles. The van der Waals surface area contributed by atoms with Gasteiger partial charge in [-0.15, -0.1) is 0 Å². The van der Waals surface area contributed by atoms with Crippen molar-refractivity contribution in [1.29, 1.82) is 0 Å². The first kappa shape index (κ1) is 17.9. The van der Waals surface area contributed by atoms with Gasteiger partial charge in [-0.2, -0.15) is 0 Å². The van der Waals surface area contributed by atoms with Gasteiger partial charge in [-0.05, 0) is 42.4 Å². The second-order valence-corrected chi connectivity index (χ2v) is 8.00. The van der Waals surface area contributed by atoms with Crippen molar-refractivity contribution in [1.82, 2.24) is 5.16 Å². The molecule has 0 spiro atoms. The smallest absolute Gasteiger partial charge is 0.233 e. The van der Waals surface area contributed by atoms with Crippen LogP contribution >= 0.6 is 0 Å². The van der Waals surface area contributed by atoms with Crippen molar-refractivity contribution in [2.24, 2.45) is 0 Å². The lowest BCUT2D eigenvalue weighted by Gasteiger charge is -2.34. The molecule has 2 heterocycles. The Labute approximate surface area is 170 Å². The van der Waals surface area contributed by atoms with Gasteiger partial charge in [-0.3, -0.25) is 4.79 Å². The third-order valence-corrected chi connectivity index (χ3v) is 6.25. The zero-order valence-electron chi connectivity index (χ0n) is 16.7. The van der Waals surface area contributed by atoms with Gasteiger partial charge in [-0.1, -0.05) is 66.7 Å². The monoisotopic (exact) mass is 384 g/mol. The van der Waals surface area contributed by atoms with Gasteiger partial charge in [0.05, 0.1) is 11.3 Å². The molecule has 2 atom stereocenters. The summed E-state index contributed by atoms with van der Waals surface area (Å²) >= 11 is 0. The van der Waals surface area contributed by atoms with Crippen molar-refractivity contribution in [2.45, 2.75) is 44.9 Å². The van der Waals surface area contributed by atoms with E-state index in [2.05, 4.69) is 53.8 Å². The predicted molar refractivity (Wildman–Crippen MR) is 113 cm³/mol. The number of nitrogens with zero attached hydrogens (tertiary/aromatic N) is 1. The first-order chi connectivity index (χ1) is 14.2. The highest BCUT2D eigenvalue weighted by molar-refractivity contribution is 6.01. The first-order valence-electron chi connectivity index (χ1n) is 10.3. The molecule has 4 nitrogen and oxygen atoms in total. The Hall–Kier alpha value is -3.14. The molecule has 29 heavy (non-hydrogen) atoms. The molecular formula is C25H24N2O2. The zero-order valence-corrected chi connectivity index (χ0v) is 16.7. The van der Waals surface area contributed by atoms with E-state index >= 15 is 0 Å². The average molecular weight is 384 g/mol. The highest BCUT2D eigenvalue weighted by atomic mass is 16.5. The summed E-state index contributed by atoms with van der Waals surface area (Å²) < 4.78 is 5.60. The van der Waals surface area contributed by atoms with E-state index in [-0.39, 0.29) is 17.6 Å². The Morgan fingerprint density at radius 1 is 1.03 bits per heavy atom. The third-order valence-electron chi connectivity index (χ3n) is 6.25. The van der Waals surface area contributed by atoms with E-state index in [1.807, 2.05) is 25.1 Å². The number of fused-ring (bicyclic) bond motifs is 1. The van der Waals surface area contributed by atoms with E-state index in [0.717, 1.165) is 40.9 Å². The number of aromatic nitrogens is 1. The van der Waals surface area contributed by atoms with Crippen molar-refractivity contribution < 1.29 is 9.32 Å². The number of rotatable bonds is 3. The number of hydrogen-bond donors (Lipinski definition) is 1. The van der Waals surface area contributed by atoms with E-state index in [1.165, 1.54) is 11.1 Å². The summed E-state index contributed by atoms with van der Waals surface area (Å²) in [6.07, 6.45) is 2.33. The normalized spacial score (nSPS) is 20.8. The highest BCUT2D eigenvalue weighted by Gasteiger charge is 2.41. The minimum absolute atomic E-state index is 0.123. The summed E-state index contributed by atoms with van der Waals surface area (Å²) in [6.45, 7) is 4.10. The van der Waals surface area contributed by atoms with Crippen molar-refractivity contribution >= 4 is 11.7 Å². The molecule has 4 heteroatoms. The van der Waals surface area contributed by atoms with Gasteiger partial charge >= 0.3 is 0 Å². The number of carbonyl (C=O) groups is 1. The summed E-state index contributed by atoms with van der Waals surface area (Å²) in [5.74, 6) is 0.946. The lowest BCUT2D eigenvalue weighted by molar-refractivity contribution is -0.116. The van der Waals surface area contributed by atoms with Gasteiger partial charge in [0.1, 0.15) is 0 Å². The van der Waals surface area contributed by atoms with Crippen LogP contribution in [0.15, 0.2) is 70.4 Å². The third kappa shape index (κ3) is 3.00. The number of allylic oxidation sites excluding steroid dienone is 2. The number of carbonyl (C=O) groups excluding carboxylic acids is 1. The van der Waals surface area contributed by atoms with Crippen LogP contribution in [0.4, 0.5) is 5.88 Å². The van der Waals surface area contributed by atoms with Gasteiger partial charge in [0.15, 0.2) is 5.78 Å². The van der Waals surface area contributed by atoms with E-state index in [4.69, 9.17) is 4.52 Å². The topological polar surface area (TPSA) is 55.1 Å². The zero-order chi connectivity index (χ0) is 20.0. The van der Waals surface area contributed by atoms with E-state index in [0.29, 0.717) is 12.3 Å². The van der Waals surface area contributed by atoms with Gasteiger partial charge < -0.3 is 9.84 Å². The van der Waals surface area contributed by atoms with Crippen molar-refractivity contribution in [3.05, 3.63) is 93.8 Å². The van der Waals surface area contributed by atoms with Crippen LogP contribution in [0.25, 0.3) is 0 Å². The van der Waals surface area contributed by atoms with Crippen molar-refractivity contribution in [3.8, 4) is 0 Å². The highest BCUT2D eigenvalue weighted by Crippen LogP contribution is 2.48. The molecule has 2 unspecified atom stereocenters. The number of Topliss-reactive ketones (excluding diaryl/α,β-unsaturated/α-hetero) is 1. The molecule has 1 aliphatic carbocycles. The molecule has 1 N–H and O–H groups in total. The number of anilines is 1. The summed E-state index contributed by atoms with van der Waals surface area (Å²) in [6, 6.07) is 18.9. The molecule has 1 aliphatic heterocycles. The van der Waals surface area contributed by atoms with Crippen molar-refractivity contribution in [2.75, 3.05) is 5.32 Å². The van der Waals surface area contributed by atoms with Crippen molar-refractivity contribution in [3.63, 3.8) is 0 Å². The second-order valence-electron chi connectivity index (χ2n) is 8.00. The van der Waals surface area contributed by atoms with Crippen LogP contribution in [0.5, 0.6) is 0 Å². The molecule has 3 aromatic rings. The fourth-order valence-electron chi connectivity index (χ4n) is 4.71. The maximum atomic E-state index is 13.4. The molecule has 0 radical (unpaired) electrons. The van der Waals surface area contributed by atoms with E-state index < -0.39 is 0 Å². The van der Waals surface area contributed by atoms with Gasteiger partial charge in [0.25, 0.3) is 0 Å². The Morgan fingerprint density at radius 2 is 1.79 bits per heavy atom. The van der Waals surface area contributed by atoms with Crippen LogP contribution in [-0.4, -0.2) is 10.9 Å². The van der Waals surface area contributed by atoms with Crippen LogP contribution < -0.4 is 5.32 Å². The van der Waals surface area contributed by atoms with Gasteiger partial charge in [-0.25, -0.2) is 0 Å². The average Bonchev–Trinajstić information content (AvgIpc) is 3.13. The second kappa shape index (κ2) is 7.03. The van der Waals surface area contributed by atoms with Crippen LogP contribution in [0, 0.1) is 6.92 Å². The summed E-state index contributed by atoms with van der Waals surface area (Å²) in [7, 11) is 0. The molecule has 2 aromatic carbocycles. The van der Waals surface area contributed by atoms with E-state index in [9.17, 15) is 4.79 Å². The molecule has 146 valence electrons. The Morgan fingerprint density at radius 3 is 2.52 bits per heavy atom. The van der Waals surface area contributed by atoms with Crippen LogP contribution in [0.2, 0.25) is 0 Å². The molecule has 5 rings (SSSR count). The number of nitrogens with one attached hydrogen (secondary N) is 1. The van der Waals surface area contributed by atoms with Gasteiger partial charge in [0.2, 0.25) is 5.88 Å². The summed E-state index contributed by atoms with van der Waals surface area (Å²) in [5.41, 5.74) is 7.29. The molecular weight excluding hydrogens is 360 g/mol. The Balaban J connectivity index is 1.61. The minimum atomic E-state index is -0.123. The van der Waals surface area contributed by atoms with Crippen LogP contribution in [0.3, 0.4) is 0 Å². The quantitative estimate of drug-likeness (QED) is 0.647. The predicted octanol–water partition coefficient (Wildman–Crippen LogP) is 5.50. The SMILES string of the molecule is CCc1ccc(C2C3=C(CC(c4ccccc4)CC3=O)Nc3onc(C)c32)cc1. The summed E-state index contributed by atoms with van der Waals surface area (Å²) in [4.78, 5) is 13.4. The lowest BCUT2D eigenvalue weighted by atomic mass is 9.72. The van der Waals surface area contributed by atoms with E-state index in [1.54, 1.807) is 0 Å². The molecule has 0 amide bonds. The Bertz CT molecular complexity index is 1090.